The zero-order valence-corrected chi connectivity index (χ0v) is 21.4. The standard InChI is InChI=1S/C29H35N5O/c1-33(2)23-13-9-21(10-14-23)29(22-11-15-24(16-12-22)34(3)4)18-17-25-26(19-29)30-31-28(25)27(32-35-5)20-7-6-8-20/h9-18,20H,6-8,19H2,1-5H3,(H,30,31)/b32-27+. The van der Waals surface area contributed by atoms with Gasteiger partial charge in [-0.2, -0.15) is 5.10 Å². The smallest absolute Gasteiger partial charge is 0.117 e. The molecule has 2 aliphatic carbocycles. The van der Waals surface area contributed by atoms with Crippen molar-refractivity contribution in [3.05, 3.63) is 82.7 Å². The molecule has 0 atom stereocenters. The maximum Gasteiger partial charge on any atom is 0.117 e. The first kappa shape index (κ1) is 23.2. The average Bonchev–Trinajstić information content (AvgIpc) is 3.25. The van der Waals surface area contributed by atoms with E-state index in [-0.39, 0.29) is 5.41 Å². The minimum absolute atomic E-state index is 0.290. The van der Waals surface area contributed by atoms with Crippen LogP contribution >= 0.6 is 0 Å². The summed E-state index contributed by atoms with van der Waals surface area (Å²) in [4.78, 5) is 9.49. The van der Waals surface area contributed by atoms with Gasteiger partial charge in [-0.05, 0) is 48.2 Å². The zero-order valence-electron chi connectivity index (χ0n) is 21.4. The summed E-state index contributed by atoms with van der Waals surface area (Å²) in [6, 6.07) is 17.8. The Morgan fingerprint density at radius 1 is 0.943 bits per heavy atom. The molecule has 1 fully saturated rings. The molecule has 6 nitrogen and oxygen atoms in total. The minimum Gasteiger partial charge on any atom is -0.399 e. The Balaban J connectivity index is 1.59. The number of nitrogens with zero attached hydrogens (tertiary/aromatic N) is 4. The van der Waals surface area contributed by atoms with Crippen molar-refractivity contribution in [3.63, 3.8) is 0 Å². The molecule has 1 heterocycles. The number of nitrogens with one attached hydrogen (secondary N) is 1. The number of H-pyrrole nitrogens is 1. The highest BCUT2D eigenvalue weighted by molar-refractivity contribution is 6.04. The number of oxime groups is 1. The third-order valence-electron chi connectivity index (χ3n) is 7.59. The summed E-state index contributed by atoms with van der Waals surface area (Å²) in [5, 5.41) is 12.5. The van der Waals surface area contributed by atoms with Crippen LogP contribution in [0.4, 0.5) is 11.4 Å². The number of aromatic amines is 1. The van der Waals surface area contributed by atoms with E-state index in [9.17, 15) is 0 Å². The van der Waals surface area contributed by atoms with Crippen LogP contribution < -0.4 is 9.80 Å². The lowest BCUT2D eigenvalue weighted by Gasteiger charge is -2.35. The number of benzene rings is 2. The number of anilines is 2. The lowest BCUT2D eigenvalue weighted by atomic mass is 9.68. The van der Waals surface area contributed by atoms with Crippen LogP contribution in [0.1, 0.15) is 47.3 Å². The van der Waals surface area contributed by atoms with Crippen LogP contribution in [0.3, 0.4) is 0 Å². The van der Waals surface area contributed by atoms with Gasteiger partial charge < -0.3 is 14.6 Å². The van der Waals surface area contributed by atoms with Gasteiger partial charge in [-0.15, -0.1) is 0 Å². The molecule has 35 heavy (non-hydrogen) atoms. The molecule has 0 spiro atoms. The van der Waals surface area contributed by atoms with E-state index in [0.29, 0.717) is 5.92 Å². The highest BCUT2D eigenvalue weighted by Crippen LogP contribution is 2.43. The molecule has 6 heteroatoms. The fourth-order valence-electron chi connectivity index (χ4n) is 5.23. The molecule has 0 saturated heterocycles. The maximum absolute atomic E-state index is 5.22. The SMILES string of the molecule is CO/N=C(/c1n[nH]c2c1C=CC(c1ccc(N(C)C)cc1)(c1ccc(N(C)C)cc1)C2)C1CCC1. The van der Waals surface area contributed by atoms with Crippen molar-refractivity contribution >= 4 is 23.2 Å². The van der Waals surface area contributed by atoms with Crippen molar-refractivity contribution in [3.8, 4) is 0 Å². The molecule has 182 valence electrons. The monoisotopic (exact) mass is 469 g/mol. The zero-order chi connectivity index (χ0) is 24.6. The van der Waals surface area contributed by atoms with Gasteiger partial charge in [0.05, 0.1) is 0 Å². The van der Waals surface area contributed by atoms with E-state index in [0.717, 1.165) is 41.9 Å². The molecule has 2 aromatic carbocycles. The van der Waals surface area contributed by atoms with Gasteiger partial charge in [-0.1, -0.05) is 48.0 Å². The van der Waals surface area contributed by atoms with E-state index >= 15 is 0 Å². The quantitative estimate of drug-likeness (QED) is 0.379. The molecule has 0 radical (unpaired) electrons. The molecular weight excluding hydrogens is 434 g/mol. The van der Waals surface area contributed by atoms with E-state index in [1.165, 1.54) is 28.9 Å². The number of rotatable bonds is 7. The van der Waals surface area contributed by atoms with Gasteiger partial charge in [0.15, 0.2) is 0 Å². The van der Waals surface area contributed by atoms with Gasteiger partial charge in [-0.25, -0.2) is 0 Å². The molecular formula is C29H35N5O. The summed E-state index contributed by atoms with van der Waals surface area (Å²) in [6.07, 6.45) is 8.93. The number of aromatic nitrogens is 2. The van der Waals surface area contributed by atoms with Crippen LogP contribution in [0.5, 0.6) is 0 Å². The first-order valence-electron chi connectivity index (χ1n) is 12.4. The fourth-order valence-corrected chi connectivity index (χ4v) is 5.23. The molecule has 3 aromatic rings. The molecule has 5 rings (SSSR count). The van der Waals surface area contributed by atoms with E-state index in [1.807, 2.05) is 0 Å². The minimum atomic E-state index is -0.290. The second kappa shape index (κ2) is 9.25. The summed E-state index contributed by atoms with van der Waals surface area (Å²) < 4.78 is 0. The van der Waals surface area contributed by atoms with Crippen molar-refractivity contribution in [1.82, 2.24) is 10.2 Å². The molecule has 0 amide bonds. The largest absolute Gasteiger partial charge is 0.399 e. The molecule has 0 aliphatic heterocycles. The Kier molecular flexibility index (Phi) is 6.13. The Hall–Kier alpha value is -3.54. The number of allylic oxidation sites excluding steroid dienone is 1. The van der Waals surface area contributed by atoms with Crippen LogP contribution in [-0.2, 0) is 16.7 Å². The highest BCUT2D eigenvalue weighted by atomic mass is 16.6. The second-order valence-corrected chi connectivity index (χ2v) is 10.1. The van der Waals surface area contributed by atoms with Crippen LogP contribution in [0.15, 0.2) is 59.8 Å². The van der Waals surface area contributed by atoms with Gasteiger partial charge in [0.25, 0.3) is 0 Å². The van der Waals surface area contributed by atoms with Crippen LogP contribution in [-0.4, -0.2) is 51.2 Å². The van der Waals surface area contributed by atoms with Crippen molar-refractivity contribution in [2.24, 2.45) is 11.1 Å². The molecule has 0 bridgehead atoms. The maximum atomic E-state index is 5.22. The summed E-state index contributed by atoms with van der Waals surface area (Å²) in [5.41, 5.74) is 8.81. The Morgan fingerprint density at radius 3 is 1.97 bits per heavy atom. The van der Waals surface area contributed by atoms with E-state index < -0.39 is 0 Å². The van der Waals surface area contributed by atoms with Crippen molar-refractivity contribution in [2.75, 3.05) is 45.1 Å². The van der Waals surface area contributed by atoms with Crippen LogP contribution in [0, 0.1) is 5.92 Å². The molecule has 2 aliphatic rings. The van der Waals surface area contributed by atoms with Gasteiger partial charge in [0.1, 0.15) is 18.5 Å². The first-order chi connectivity index (χ1) is 16.9. The second-order valence-electron chi connectivity index (χ2n) is 10.1. The van der Waals surface area contributed by atoms with Crippen molar-refractivity contribution in [1.29, 1.82) is 0 Å². The summed E-state index contributed by atoms with van der Waals surface area (Å²) in [5.74, 6) is 0.430. The van der Waals surface area contributed by atoms with Gasteiger partial charge in [-0.3, -0.25) is 5.10 Å². The Bertz CT molecular complexity index is 1180. The fraction of sp³-hybridized carbons (Fsp3) is 0.379. The number of hydrogen-bond donors (Lipinski definition) is 1. The van der Waals surface area contributed by atoms with Crippen LogP contribution in [0.25, 0.3) is 6.08 Å². The highest BCUT2D eigenvalue weighted by Gasteiger charge is 2.38. The third-order valence-corrected chi connectivity index (χ3v) is 7.59. The lowest BCUT2D eigenvalue weighted by Crippen LogP contribution is -2.31. The van der Waals surface area contributed by atoms with E-state index in [4.69, 9.17) is 9.94 Å². The Morgan fingerprint density at radius 2 is 1.51 bits per heavy atom. The van der Waals surface area contributed by atoms with Crippen molar-refractivity contribution < 1.29 is 4.84 Å². The summed E-state index contributed by atoms with van der Waals surface area (Å²) in [7, 11) is 9.92. The van der Waals surface area contributed by atoms with E-state index in [2.05, 4.69) is 109 Å². The van der Waals surface area contributed by atoms with Crippen LogP contribution in [0.2, 0.25) is 0 Å². The predicted octanol–water partition coefficient (Wildman–Crippen LogP) is 5.25. The third kappa shape index (κ3) is 4.11. The first-order valence-corrected chi connectivity index (χ1v) is 12.4. The molecule has 1 saturated carbocycles. The normalized spacial score (nSPS) is 17.0. The van der Waals surface area contributed by atoms with Crippen molar-refractivity contribution in [2.45, 2.75) is 31.1 Å². The number of hydrogen-bond acceptors (Lipinski definition) is 5. The predicted molar refractivity (Wildman–Crippen MR) is 145 cm³/mol. The topological polar surface area (TPSA) is 56.8 Å². The van der Waals surface area contributed by atoms with E-state index in [1.54, 1.807) is 7.11 Å². The Labute approximate surface area is 208 Å². The lowest BCUT2D eigenvalue weighted by molar-refractivity contribution is 0.208. The molecule has 0 unspecified atom stereocenters. The van der Waals surface area contributed by atoms with Gasteiger partial charge in [0, 0.05) is 68.6 Å². The average molecular weight is 470 g/mol. The number of fused-ring (bicyclic) bond motifs is 1. The molecule has 1 aromatic heterocycles. The molecule has 1 N–H and O–H groups in total. The van der Waals surface area contributed by atoms with Gasteiger partial charge in [0.2, 0.25) is 0 Å². The van der Waals surface area contributed by atoms with Gasteiger partial charge >= 0.3 is 0 Å². The summed E-state index contributed by atoms with van der Waals surface area (Å²) in [6.45, 7) is 0. The summed E-state index contributed by atoms with van der Waals surface area (Å²) >= 11 is 0.